The number of nitrogens with zero attached hydrogens (tertiary/aromatic N) is 3. The largest absolute Gasteiger partial charge is 0.293 e. The van der Waals surface area contributed by atoms with Crippen molar-refractivity contribution in [2.45, 2.75) is 32.9 Å². The van der Waals surface area contributed by atoms with Gasteiger partial charge in [0.15, 0.2) is 0 Å². The average molecular weight is 279 g/mol. The Labute approximate surface area is 126 Å². The lowest BCUT2D eigenvalue weighted by atomic mass is 10.2. The van der Waals surface area contributed by atoms with Crippen LogP contribution in [0.2, 0.25) is 0 Å². The summed E-state index contributed by atoms with van der Waals surface area (Å²) in [6.45, 7) is 4.95. The third-order valence-corrected chi connectivity index (χ3v) is 3.41. The highest BCUT2D eigenvalue weighted by Gasteiger charge is 2.08. The zero-order valence-electron chi connectivity index (χ0n) is 12.5. The first kappa shape index (κ1) is 15.2. The zero-order chi connectivity index (χ0) is 14.9. The molecule has 3 nitrogen and oxygen atoms in total. The molecule has 0 saturated heterocycles. The van der Waals surface area contributed by atoms with Gasteiger partial charge in [0, 0.05) is 19.3 Å². The normalized spacial score (nSPS) is 10.5. The van der Waals surface area contributed by atoms with E-state index in [1.54, 1.807) is 12.3 Å². The SMILES string of the molecule is CCCCN(Cc1ccccc1)Cc1cc(C#N)ccn1. The molecule has 1 aromatic heterocycles. The molecule has 0 atom stereocenters. The van der Waals surface area contributed by atoms with Crippen LogP contribution in [-0.2, 0) is 13.1 Å². The average Bonchev–Trinajstić information content (AvgIpc) is 2.54. The maximum Gasteiger partial charge on any atom is 0.0992 e. The van der Waals surface area contributed by atoms with E-state index in [2.05, 4.69) is 47.1 Å². The summed E-state index contributed by atoms with van der Waals surface area (Å²) in [6, 6.07) is 16.3. The number of rotatable bonds is 7. The Morgan fingerprint density at radius 2 is 1.95 bits per heavy atom. The van der Waals surface area contributed by atoms with E-state index < -0.39 is 0 Å². The minimum Gasteiger partial charge on any atom is -0.293 e. The van der Waals surface area contributed by atoms with E-state index in [1.807, 2.05) is 12.1 Å². The van der Waals surface area contributed by atoms with Gasteiger partial charge in [-0.05, 0) is 30.7 Å². The first-order valence-corrected chi connectivity index (χ1v) is 7.43. The lowest BCUT2D eigenvalue weighted by Gasteiger charge is -2.22. The number of hydrogen-bond donors (Lipinski definition) is 0. The van der Waals surface area contributed by atoms with Gasteiger partial charge in [0.1, 0.15) is 0 Å². The van der Waals surface area contributed by atoms with Crippen molar-refractivity contribution in [3.63, 3.8) is 0 Å². The fraction of sp³-hybridized carbons (Fsp3) is 0.333. The quantitative estimate of drug-likeness (QED) is 0.775. The van der Waals surface area contributed by atoms with Crippen molar-refractivity contribution in [1.29, 1.82) is 5.26 Å². The van der Waals surface area contributed by atoms with Crippen LogP contribution in [0.3, 0.4) is 0 Å². The molecule has 0 fully saturated rings. The van der Waals surface area contributed by atoms with Gasteiger partial charge in [-0.15, -0.1) is 0 Å². The maximum atomic E-state index is 8.98. The minimum atomic E-state index is 0.676. The summed E-state index contributed by atoms with van der Waals surface area (Å²) in [7, 11) is 0. The first-order chi connectivity index (χ1) is 10.3. The van der Waals surface area contributed by atoms with Crippen LogP contribution in [0.25, 0.3) is 0 Å². The number of benzene rings is 1. The Morgan fingerprint density at radius 3 is 2.67 bits per heavy atom. The van der Waals surface area contributed by atoms with E-state index in [-0.39, 0.29) is 0 Å². The highest BCUT2D eigenvalue weighted by molar-refractivity contribution is 5.28. The smallest absolute Gasteiger partial charge is 0.0992 e. The van der Waals surface area contributed by atoms with E-state index in [1.165, 1.54) is 18.4 Å². The van der Waals surface area contributed by atoms with Crippen LogP contribution in [0.4, 0.5) is 0 Å². The fourth-order valence-electron chi connectivity index (χ4n) is 2.30. The second-order valence-corrected chi connectivity index (χ2v) is 5.20. The van der Waals surface area contributed by atoms with Crippen LogP contribution >= 0.6 is 0 Å². The first-order valence-electron chi connectivity index (χ1n) is 7.43. The molecule has 0 spiro atoms. The predicted octanol–water partition coefficient (Wildman–Crippen LogP) is 3.76. The molecule has 2 rings (SSSR count). The topological polar surface area (TPSA) is 39.9 Å². The van der Waals surface area contributed by atoms with E-state index >= 15 is 0 Å². The fourth-order valence-corrected chi connectivity index (χ4v) is 2.30. The summed E-state index contributed by atoms with van der Waals surface area (Å²) in [4.78, 5) is 6.78. The van der Waals surface area contributed by atoms with Crippen molar-refractivity contribution in [2.75, 3.05) is 6.54 Å². The monoisotopic (exact) mass is 279 g/mol. The Bertz CT molecular complexity index is 587. The molecular formula is C18H21N3. The molecule has 0 aliphatic carbocycles. The third-order valence-electron chi connectivity index (χ3n) is 3.41. The Kier molecular flexibility index (Phi) is 5.93. The summed E-state index contributed by atoms with van der Waals surface area (Å²) < 4.78 is 0. The van der Waals surface area contributed by atoms with E-state index in [4.69, 9.17) is 5.26 Å². The van der Waals surface area contributed by atoms with Gasteiger partial charge in [-0.1, -0.05) is 43.7 Å². The lowest BCUT2D eigenvalue weighted by Crippen LogP contribution is -2.24. The van der Waals surface area contributed by atoms with Gasteiger partial charge >= 0.3 is 0 Å². The van der Waals surface area contributed by atoms with Crippen LogP contribution in [0, 0.1) is 11.3 Å². The molecule has 0 amide bonds. The minimum absolute atomic E-state index is 0.676. The third kappa shape index (κ3) is 5.02. The molecule has 0 bridgehead atoms. The van der Waals surface area contributed by atoms with Crippen molar-refractivity contribution < 1.29 is 0 Å². The summed E-state index contributed by atoms with van der Waals surface area (Å²) >= 11 is 0. The van der Waals surface area contributed by atoms with Crippen LogP contribution < -0.4 is 0 Å². The Morgan fingerprint density at radius 1 is 1.14 bits per heavy atom. The number of unbranched alkanes of at least 4 members (excludes halogenated alkanes) is 1. The predicted molar refractivity (Wildman–Crippen MR) is 84.4 cm³/mol. The molecule has 2 aromatic rings. The second-order valence-electron chi connectivity index (χ2n) is 5.20. The van der Waals surface area contributed by atoms with Gasteiger partial charge in [-0.3, -0.25) is 9.88 Å². The molecule has 0 aliphatic heterocycles. The molecule has 21 heavy (non-hydrogen) atoms. The van der Waals surface area contributed by atoms with Gasteiger partial charge in [0.25, 0.3) is 0 Å². The molecular weight excluding hydrogens is 258 g/mol. The molecule has 108 valence electrons. The lowest BCUT2D eigenvalue weighted by molar-refractivity contribution is 0.249. The van der Waals surface area contributed by atoms with Gasteiger partial charge in [-0.25, -0.2) is 0 Å². The Balaban J connectivity index is 2.06. The van der Waals surface area contributed by atoms with Crippen molar-refractivity contribution in [2.24, 2.45) is 0 Å². The highest BCUT2D eigenvalue weighted by atomic mass is 15.1. The molecule has 3 heteroatoms. The summed E-state index contributed by atoms with van der Waals surface area (Å²) in [5.41, 5.74) is 2.95. The molecule has 0 aliphatic rings. The second kappa shape index (κ2) is 8.18. The van der Waals surface area contributed by atoms with E-state index in [0.717, 1.165) is 25.3 Å². The molecule has 1 aromatic carbocycles. The number of pyridine rings is 1. The highest BCUT2D eigenvalue weighted by Crippen LogP contribution is 2.11. The van der Waals surface area contributed by atoms with Crippen molar-refractivity contribution in [1.82, 2.24) is 9.88 Å². The van der Waals surface area contributed by atoms with Gasteiger partial charge in [-0.2, -0.15) is 5.26 Å². The zero-order valence-corrected chi connectivity index (χ0v) is 12.5. The van der Waals surface area contributed by atoms with Crippen molar-refractivity contribution in [3.05, 3.63) is 65.5 Å². The number of aromatic nitrogens is 1. The van der Waals surface area contributed by atoms with E-state index in [0.29, 0.717) is 5.56 Å². The standard InChI is InChI=1S/C18H21N3/c1-2-3-11-21(14-16-7-5-4-6-8-16)15-18-12-17(13-19)9-10-20-18/h4-10,12H,2-3,11,14-15H2,1H3. The number of nitriles is 1. The van der Waals surface area contributed by atoms with Gasteiger partial charge in [0.2, 0.25) is 0 Å². The molecule has 0 N–H and O–H groups in total. The van der Waals surface area contributed by atoms with Crippen LogP contribution in [-0.4, -0.2) is 16.4 Å². The van der Waals surface area contributed by atoms with Gasteiger partial charge < -0.3 is 0 Å². The summed E-state index contributed by atoms with van der Waals surface area (Å²) in [5, 5.41) is 8.98. The maximum absolute atomic E-state index is 8.98. The molecule has 0 saturated carbocycles. The molecule has 1 heterocycles. The van der Waals surface area contributed by atoms with E-state index in [9.17, 15) is 0 Å². The molecule has 0 radical (unpaired) electrons. The van der Waals surface area contributed by atoms with Crippen LogP contribution in [0.15, 0.2) is 48.7 Å². The number of hydrogen-bond acceptors (Lipinski definition) is 3. The van der Waals surface area contributed by atoms with Crippen LogP contribution in [0.5, 0.6) is 0 Å². The molecule has 0 unspecified atom stereocenters. The van der Waals surface area contributed by atoms with Crippen molar-refractivity contribution >= 4 is 0 Å². The summed E-state index contributed by atoms with van der Waals surface area (Å²) in [6.07, 6.45) is 4.07. The van der Waals surface area contributed by atoms with Crippen LogP contribution in [0.1, 0.15) is 36.6 Å². The Hall–Kier alpha value is -2.18. The van der Waals surface area contributed by atoms with Crippen molar-refractivity contribution in [3.8, 4) is 6.07 Å². The van der Waals surface area contributed by atoms with Gasteiger partial charge in [0.05, 0.1) is 17.3 Å². The summed E-state index contributed by atoms with van der Waals surface area (Å²) in [5.74, 6) is 0.